The summed E-state index contributed by atoms with van der Waals surface area (Å²) in [4.78, 5) is 11.9. The first kappa shape index (κ1) is 14.0. The lowest BCUT2D eigenvalue weighted by Gasteiger charge is -2.09. The molecule has 0 radical (unpaired) electrons. The minimum absolute atomic E-state index is 0.0124. The second-order valence-corrected chi connectivity index (χ2v) is 4.58. The van der Waals surface area contributed by atoms with Crippen molar-refractivity contribution < 1.29 is 9.18 Å². The molecule has 0 aliphatic carbocycles. The minimum atomic E-state index is -0.524. The maximum absolute atomic E-state index is 13.8. The largest absolute Gasteiger partial charge is 0.399 e. The fraction of sp³-hybridized carbons (Fsp3) is 0.286. The lowest BCUT2D eigenvalue weighted by molar-refractivity contribution is 0.0948. The highest BCUT2D eigenvalue weighted by atomic mass is 19.1. The number of aryl methyl sites for hydroxylation is 2. The van der Waals surface area contributed by atoms with Crippen LogP contribution in [0.2, 0.25) is 0 Å². The third kappa shape index (κ3) is 3.34. The fourth-order valence-electron chi connectivity index (χ4n) is 1.93. The number of nitrogens with one attached hydrogen (secondary N) is 1. The number of nitrogens with two attached hydrogens (primary N) is 1. The standard InChI is InChI=1S/C14H17FN4O/c1-10-8-11(16)9-12(13(10)15)14(20)17-4-2-6-19-7-3-5-18-19/h3,5,7-9H,2,4,6,16H2,1H3,(H,17,20). The van der Waals surface area contributed by atoms with Gasteiger partial charge < -0.3 is 11.1 Å². The second-order valence-electron chi connectivity index (χ2n) is 4.58. The van der Waals surface area contributed by atoms with Crippen LogP contribution in [0.5, 0.6) is 0 Å². The Morgan fingerprint density at radius 2 is 2.30 bits per heavy atom. The summed E-state index contributed by atoms with van der Waals surface area (Å²) in [6.07, 6.45) is 4.27. The van der Waals surface area contributed by atoms with E-state index in [0.29, 0.717) is 24.3 Å². The lowest BCUT2D eigenvalue weighted by Crippen LogP contribution is -2.26. The number of anilines is 1. The summed E-state index contributed by atoms with van der Waals surface area (Å²) in [6.45, 7) is 2.73. The van der Waals surface area contributed by atoms with Gasteiger partial charge in [0.1, 0.15) is 5.82 Å². The van der Waals surface area contributed by atoms with Crippen molar-refractivity contribution in [2.45, 2.75) is 19.9 Å². The molecule has 0 fully saturated rings. The van der Waals surface area contributed by atoms with Gasteiger partial charge in [0.05, 0.1) is 5.56 Å². The number of halogens is 1. The number of hydrogen-bond donors (Lipinski definition) is 2. The van der Waals surface area contributed by atoms with Gasteiger partial charge in [0.25, 0.3) is 5.91 Å². The van der Waals surface area contributed by atoms with E-state index < -0.39 is 11.7 Å². The molecule has 1 heterocycles. The first-order valence-electron chi connectivity index (χ1n) is 6.39. The molecule has 1 aromatic heterocycles. The number of carbonyl (C=O) groups is 1. The summed E-state index contributed by atoms with van der Waals surface area (Å²) in [5.74, 6) is -0.970. The molecule has 0 atom stereocenters. The van der Waals surface area contributed by atoms with Gasteiger partial charge >= 0.3 is 0 Å². The summed E-state index contributed by atoms with van der Waals surface area (Å²) in [5.41, 5.74) is 6.36. The van der Waals surface area contributed by atoms with Gasteiger partial charge in [-0.1, -0.05) is 0 Å². The molecular weight excluding hydrogens is 259 g/mol. The van der Waals surface area contributed by atoms with E-state index >= 15 is 0 Å². The van der Waals surface area contributed by atoms with Gasteiger partial charge in [-0.2, -0.15) is 5.10 Å². The van der Waals surface area contributed by atoms with E-state index in [1.807, 2.05) is 12.3 Å². The molecule has 3 N–H and O–H groups in total. The summed E-state index contributed by atoms with van der Waals surface area (Å²) >= 11 is 0. The van der Waals surface area contributed by atoms with Crippen molar-refractivity contribution in [3.05, 3.63) is 47.5 Å². The third-order valence-electron chi connectivity index (χ3n) is 2.93. The summed E-state index contributed by atoms with van der Waals surface area (Å²) in [5, 5.41) is 6.74. The van der Waals surface area contributed by atoms with Crippen molar-refractivity contribution in [3.8, 4) is 0 Å². The van der Waals surface area contributed by atoms with Crippen molar-refractivity contribution in [1.82, 2.24) is 15.1 Å². The normalized spacial score (nSPS) is 10.5. The SMILES string of the molecule is Cc1cc(N)cc(C(=O)NCCCn2cccn2)c1F. The van der Waals surface area contributed by atoms with E-state index in [2.05, 4.69) is 10.4 Å². The quantitative estimate of drug-likeness (QED) is 0.645. The maximum atomic E-state index is 13.8. The van der Waals surface area contributed by atoms with Crippen LogP contribution in [0.3, 0.4) is 0 Å². The Balaban J connectivity index is 1.89. The van der Waals surface area contributed by atoms with Crippen LogP contribution in [0.25, 0.3) is 0 Å². The van der Waals surface area contributed by atoms with Crippen LogP contribution in [0, 0.1) is 12.7 Å². The Kier molecular flexibility index (Phi) is 4.34. The Morgan fingerprint density at radius 1 is 1.50 bits per heavy atom. The molecule has 0 unspecified atom stereocenters. The molecular formula is C14H17FN4O. The Labute approximate surface area is 116 Å². The molecule has 6 heteroatoms. The Hall–Kier alpha value is -2.37. The first-order valence-corrected chi connectivity index (χ1v) is 6.39. The van der Waals surface area contributed by atoms with Crippen LogP contribution in [0.1, 0.15) is 22.3 Å². The van der Waals surface area contributed by atoms with E-state index in [9.17, 15) is 9.18 Å². The number of rotatable bonds is 5. The molecule has 1 amide bonds. The first-order chi connectivity index (χ1) is 9.58. The summed E-state index contributed by atoms with van der Waals surface area (Å²) in [6, 6.07) is 4.69. The summed E-state index contributed by atoms with van der Waals surface area (Å²) in [7, 11) is 0. The number of carbonyl (C=O) groups excluding carboxylic acids is 1. The number of nitrogen functional groups attached to an aromatic ring is 1. The van der Waals surface area contributed by atoms with E-state index in [-0.39, 0.29) is 5.56 Å². The highest BCUT2D eigenvalue weighted by Gasteiger charge is 2.14. The van der Waals surface area contributed by atoms with Crippen LogP contribution in [-0.2, 0) is 6.54 Å². The summed E-state index contributed by atoms with van der Waals surface area (Å²) < 4.78 is 15.6. The molecule has 0 saturated carbocycles. The van der Waals surface area contributed by atoms with Gasteiger partial charge in [-0.15, -0.1) is 0 Å². The van der Waals surface area contributed by atoms with Crippen LogP contribution in [-0.4, -0.2) is 22.2 Å². The van der Waals surface area contributed by atoms with E-state index in [0.717, 1.165) is 6.42 Å². The van der Waals surface area contributed by atoms with Crippen LogP contribution < -0.4 is 11.1 Å². The van der Waals surface area contributed by atoms with E-state index in [4.69, 9.17) is 5.73 Å². The smallest absolute Gasteiger partial charge is 0.254 e. The highest BCUT2D eigenvalue weighted by Crippen LogP contribution is 2.16. The molecule has 0 aliphatic rings. The molecule has 0 aliphatic heterocycles. The number of aromatic nitrogens is 2. The van der Waals surface area contributed by atoms with Crippen LogP contribution in [0.4, 0.5) is 10.1 Å². The van der Waals surface area contributed by atoms with Crippen LogP contribution in [0.15, 0.2) is 30.6 Å². The molecule has 0 bridgehead atoms. The monoisotopic (exact) mass is 276 g/mol. The zero-order valence-electron chi connectivity index (χ0n) is 11.3. The average molecular weight is 276 g/mol. The van der Waals surface area contributed by atoms with Crippen molar-refractivity contribution in [2.24, 2.45) is 0 Å². The number of benzene rings is 1. The molecule has 20 heavy (non-hydrogen) atoms. The maximum Gasteiger partial charge on any atom is 0.254 e. The molecule has 0 spiro atoms. The Bertz CT molecular complexity index is 595. The van der Waals surface area contributed by atoms with Crippen LogP contribution >= 0.6 is 0 Å². The van der Waals surface area contributed by atoms with E-state index in [1.165, 1.54) is 12.1 Å². The average Bonchev–Trinajstić information content (AvgIpc) is 2.91. The van der Waals surface area contributed by atoms with Crippen molar-refractivity contribution in [3.63, 3.8) is 0 Å². The molecule has 2 rings (SSSR count). The van der Waals surface area contributed by atoms with Gasteiger partial charge in [0.2, 0.25) is 0 Å². The van der Waals surface area contributed by atoms with Gasteiger partial charge in [-0.05, 0) is 37.1 Å². The predicted octanol–water partition coefficient (Wildman–Crippen LogP) is 1.73. The topological polar surface area (TPSA) is 72.9 Å². The zero-order chi connectivity index (χ0) is 14.5. The number of amides is 1. The molecule has 5 nitrogen and oxygen atoms in total. The third-order valence-corrected chi connectivity index (χ3v) is 2.93. The molecule has 0 saturated heterocycles. The van der Waals surface area contributed by atoms with E-state index in [1.54, 1.807) is 17.8 Å². The highest BCUT2D eigenvalue weighted by molar-refractivity contribution is 5.95. The van der Waals surface area contributed by atoms with Crippen molar-refractivity contribution >= 4 is 11.6 Å². The fourth-order valence-corrected chi connectivity index (χ4v) is 1.93. The zero-order valence-corrected chi connectivity index (χ0v) is 11.3. The predicted molar refractivity (Wildman–Crippen MR) is 74.7 cm³/mol. The molecule has 106 valence electrons. The van der Waals surface area contributed by atoms with Gasteiger partial charge in [-0.25, -0.2) is 4.39 Å². The molecule has 1 aromatic carbocycles. The number of nitrogens with zero attached hydrogens (tertiary/aromatic N) is 2. The van der Waals surface area contributed by atoms with Crippen molar-refractivity contribution in [1.29, 1.82) is 0 Å². The van der Waals surface area contributed by atoms with Gasteiger partial charge in [0.15, 0.2) is 0 Å². The van der Waals surface area contributed by atoms with Gasteiger partial charge in [0, 0.05) is 31.2 Å². The van der Waals surface area contributed by atoms with Gasteiger partial charge in [-0.3, -0.25) is 9.48 Å². The second kappa shape index (κ2) is 6.18. The number of hydrogen-bond acceptors (Lipinski definition) is 3. The molecule has 2 aromatic rings. The van der Waals surface area contributed by atoms with Crippen molar-refractivity contribution in [2.75, 3.05) is 12.3 Å². The lowest BCUT2D eigenvalue weighted by atomic mass is 10.1. The Morgan fingerprint density at radius 3 is 3.00 bits per heavy atom. The minimum Gasteiger partial charge on any atom is -0.399 e.